The molecule has 21 heavy (non-hydrogen) atoms. The maximum atomic E-state index is 10.8. The molecule has 1 heterocycles. The third kappa shape index (κ3) is 3.65. The quantitative estimate of drug-likeness (QED) is 0.874. The molecule has 2 rings (SSSR count). The van der Waals surface area contributed by atoms with Gasteiger partial charge in [-0.15, -0.1) is 11.3 Å². The van der Waals surface area contributed by atoms with E-state index in [9.17, 15) is 4.79 Å². The Balaban J connectivity index is 2.30. The van der Waals surface area contributed by atoms with Crippen molar-refractivity contribution in [1.82, 2.24) is 4.98 Å². The Morgan fingerprint density at radius 2 is 2.19 bits per heavy atom. The number of benzene rings is 1. The lowest BCUT2D eigenvalue weighted by Crippen LogP contribution is -1.99. The van der Waals surface area contributed by atoms with Crippen molar-refractivity contribution >= 4 is 39.7 Å². The van der Waals surface area contributed by atoms with E-state index in [2.05, 4.69) is 10.3 Å². The molecule has 2 aromatic rings. The second-order valence-electron chi connectivity index (χ2n) is 4.52. The Morgan fingerprint density at radius 1 is 1.48 bits per heavy atom. The molecule has 0 amide bonds. The van der Waals surface area contributed by atoms with Gasteiger partial charge in [-0.1, -0.05) is 11.6 Å². The van der Waals surface area contributed by atoms with Crippen LogP contribution in [0.25, 0.3) is 0 Å². The molecule has 0 aliphatic rings. The van der Waals surface area contributed by atoms with Crippen LogP contribution in [-0.2, 0) is 11.2 Å². The van der Waals surface area contributed by atoms with Gasteiger partial charge < -0.3 is 15.2 Å². The zero-order chi connectivity index (χ0) is 15.6. The van der Waals surface area contributed by atoms with Crippen molar-refractivity contribution in [2.24, 2.45) is 0 Å². The molecule has 0 saturated carbocycles. The largest absolute Gasteiger partial charge is 0.495 e. The summed E-state index contributed by atoms with van der Waals surface area (Å²) in [6.45, 7) is 3.69. The number of carboxylic acids is 1. The monoisotopic (exact) mass is 326 g/mol. The van der Waals surface area contributed by atoms with E-state index in [1.807, 2.05) is 13.0 Å². The van der Waals surface area contributed by atoms with E-state index in [-0.39, 0.29) is 6.42 Å². The van der Waals surface area contributed by atoms with Crippen molar-refractivity contribution in [3.63, 3.8) is 0 Å². The predicted octanol–water partition coefficient (Wildman–Crippen LogP) is 3.79. The summed E-state index contributed by atoms with van der Waals surface area (Å²) >= 11 is 7.39. The number of hydrogen-bond acceptors (Lipinski definition) is 5. The standard InChI is InChI=1S/C14H15ClN2O3S/c1-7-4-10(11(20-3)5-9(7)15)17-14-16-8(2)12(21-14)6-13(18)19/h4-5H,6H2,1-3H3,(H,16,17)(H,18,19). The molecule has 7 heteroatoms. The molecular formula is C14H15ClN2O3S. The first-order chi connectivity index (χ1) is 9.90. The van der Waals surface area contributed by atoms with E-state index in [1.165, 1.54) is 11.3 Å². The molecule has 1 aromatic carbocycles. The summed E-state index contributed by atoms with van der Waals surface area (Å²) in [5, 5.41) is 13.3. The van der Waals surface area contributed by atoms with E-state index in [0.717, 1.165) is 21.8 Å². The minimum atomic E-state index is -0.867. The van der Waals surface area contributed by atoms with Crippen LogP contribution in [0.15, 0.2) is 12.1 Å². The molecule has 1 aromatic heterocycles. The number of hydrogen-bond donors (Lipinski definition) is 2. The number of thiazole rings is 1. The van der Waals surface area contributed by atoms with Crippen LogP contribution in [0, 0.1) is 13.8 Å². The normalized spacial score (nSPS) is 10.5. The van der Waals surface area contributed by atoms with Gasteiger partial charge in [0.25, 0.3) is 0 Å². The molecule has 0 atom stereocenters. The average molecular weight is 327 g/mol. The number of anilines is 2. The SMILES string of the molecule is COc1cc(Cl)c(C)cc1Nc1nc(C)c(CC(=O)O)s1. The zero-order valence-electron chi connectivity index (χ0n) is 11.9. The lowest BCUT2D eigenvalue weighted by molar-refractivity contribution is -0.136. The van der Waals surface area contributed by atoms with Gasteiger partial charge in [0.05, 0.1) is 24.9 Å². The summed E-state index contributed by atoms with van der Waals surface area (Å²) in [6, 6.07) is 3.60. The maximum Gasteiger partial charge on any atom is 0.308 e. The van der Waals surface area contributed by atoms with Gasteiger partial charge in [0, 0.05) is 16.0 Å². The Kier molecular flexibility index (Phi) is 4.69. The van der Waals surface area contributed by atoms with Crippen LogP contribution in [0.3, 0.4) is 0 Å². The number of aliphatic carboxylic acids is 1. The summed E-state index contributed by atoms with van der Waals surface area (Å²) in [6.07, 6.45) is -0.0258. The predicted molar refractivity (Wildman–Crippen MR) is 84.2 cm³/mol. The minimum absolute atomic E-state index is 0.0258. The minimum Gasteiger partial charge on any atom is -0.495 e. The van der Waals surface area contributed by atoms with E-state index in [0.29, 0.717) is 15.9 Å². The molecule has 112 valence electrons. The Labute approximate surface area is 131 Å². The van der Waals surface area contributed by atoms with Crippen molar-refractivity contribution in [1.29, 1.82) is 0 Å². The Morgan fingerprint density at radius 3 is 2.81 bits per heavy atom. The fraction of sp³-hybridized carbons (Fsp3) is 0.286. The van der Waals surface area contributed by atoms with Crippen LogP contribution in [0.4, 0.5) is 10.8 Å². The van der Waals surface area contributed by atoms with Crippen molar-refractivity contribution < 1.29 is 14.6 Å². The van der Waals surface area contributed by atoms with Gasteiger partial charge in [-0.05, 0) is 25.5 Å². The lowest BCUT2D eigenvalue weighted by atomic mass is 10.2. The van der Waals surface area contributed by atoms with Gasteiger partial charge in [0.2, 0.25) is 0 Å². The van der Waals surface area contributed by atoms with Crippen LogP contribution in [-0.4, -0.2) is 23.2 Å². The molecule has 0 unspecified atom stereocenters. The van der Waals surface area contributed by atoms with Gasteiger partial charge >= 0.3 is 5.97 Å². The van der Waals surface area contributed by atoms with Crippen LogP contribution < -0.4 is 10.1 Å². The molecule has 0 bridgehead atoms. The van der Waals surface area contributed by atoms with Gasteiger partial charge in [-0.3, -0.25) is 4.79 Å². The van der Waals surface area contributed by atoms with Crippen molar-refractivity contribution in [2.45, 2.75) is 20.3 Å². The summed E-state index contributed by atoms with van der Waals surface area (Å²) in [7, 11) is 1.56. The number of nitrogens with one attached hydrogen (secondary N) is 1. The molecule has 0 saturated heterocycles. The summed E-state index contributed by atoms with van der Waals surface area (Å²) in [5.41, 5.74) is 2.38. The highest BCUT2D eigenvalue weighted by molar-refractivity contribution is 7.15. The first-order valence-corrected chi connectivity index (χ1v) is 7.39. The van der Waals surface area contributed by atoms with Crippen LogP contribution >= 0.6 is 22.9 Å². The second kappa shape index (κ2) is 6.32. The number of aryl methyl sites for hydroxylation is 2. The maximum absolute atomic E-state index is 10.8. The summed E-state index contributed by atoms with van der Waals surface area (Å²) < 4.78 is 5.29. The van der Waals surface area contributed by atoms with Crippen molar-refractivity contribution in [2.75, 3.05) is 12.4 Å². The summed E-state index contributed by atoms with van der Waals surface area (Å²) in [4.78, 5) is 15.9. The van der Waals surface area contributed by atoms with Crippen LogP contribution in [0.1, 0.15) is 16.1 Å². The van der Waals surface area contributed by atoms with Gasteiger partial charge in [-0.25, -0.2) is 4.98 Å². The topological polar surface area (TPSA) is 71.5 Å². The van der Waals surface area contributed by atoms with Crippen molar-refractivity contribution in [3.8, 4) is 5.75 Å². The highest BCUT2D eigenvalue weighted by atomic mass is 35.5. The van der Waals surface area contributed by atoms with E-state index < -0.39 is 5.97 Å². The smallest absolute Gasteiger partial charge is 0.308 e. The number of carbonyl (C=O) groups is 1. The Hall–Kier alpha value is -1.79. The number of rotatable bonds is 5. The number of ether oxygens (including phenoxy) is 1. The first kappa shape index (κ1) is 15.6. The number of methoxy groups -OCH3 is 1. The van der Waals surface area contributed by atoms with Gasteiger partial charge in [-0.2, -0.15) is 0 Å². The number of nitrogens with zero attached hydrogens (tertiary/aromatic N) is 1. The molecule has 2 N–H and O–H groups in total. The van der Waals surface area contributed by atoms with E-state index in [1.54, 1.807) is 20.1 Å². The summed E-state index contributed by atoms with van der Waals surface area (Å²) in [5.74, 6) is -0.258. The molecular weight excluding hydrogens is 312 g/mol. The molecule has 0 radical (unpaired) electrons. The van der Waals surface area contributed by atoms with Crippen LogP contribution in [0.5, 0.6) is 5.75 Å². The Bertz CT molecular complexity index is 685. The van der Waals surface area contributed by atoms with Gasteiger partial charge in [0.1, 0.15) is 5.75 Å². The average Bonchev–Trinajstić information content (AvgIpc) is 2.73. The fourth-order valence-electron chi connectivity index (χ4n) is 1.83. The highest BCUT2D eigenvalue weighted by Gasteiger charge is 2.13. The van der Waals surface area contributed by atoms with Crippen LogP contribution in [0.2, 0.25) is 5.02 Å². The molecule has 0 fully saturated rings. The first-order valence-electron chi connectivity index (χ1n) is 6.20. The molecule has 0 aliphatic carbocycles. The van der Waals surface area contributed by atoms with Gasteiger partial charge in [0.15, 0.2) is 5.13 Å². The number of halogens is 1. The number of carboxylic acid groups (broad SMARTS) is 1. The third-order valence-corrected chi connectivity index (χ3v) is 4.41. The second-order valence-corrected chi connectivity index (χ2v) is 6.02. The van der Waals surface area contributed by atoms with E-state index >= 15 is 0 Å². The molecule has 5 nitrogen and oxygen atoms in total. The fourth-order valence-corrected chi connectivity index (χ4v) is 2.95. The molecule has 0 spiro atoms. The lowest BCUT2D eigenvalue weighted by Gasteiger charge is -2.11. The van der Waals surface area contributed by atoms with Crippen molar-refractivity contribution in [3.05, 3.63) is 33.3 Å². The highest BCUT2D eigenvalue weighted by Crippen LogP contribution is 2.34. The molecule has 0 aliphatic heterocycles. The van der Waals surface area contributed by atoms with E-state index in [4.69, 9.17) is 21.4 Å². The third-order valence-electron chi connectivity index (χ3n) is 2.93. The zero-order valence-corrected chi connectivity index (χ0v) is 13.4. The number of aromatic nitrogens is 1.